The van der Waals surface area contributed by atoms with Crippen LogP contribution in [0.1, 0.15) is 50.9 Å². The lowest BCUT2D eigenvalue weighted by atomic mass is 10.1. The Morgan fingerprint density at radius 3 is 2.20 bits per heavy atom. The Kier molecular flexibility index (Phi) is 6.49. The van der Waals surface area contributed by atoms with Gasteiger partial charge in [-0.2, -0.15) is 0 Å². The molecule has 112 valence electrons. The van der Waals surface area contributed by atoms with Crippen LogP contribution in [0.4, 0.5) is 5.69 Å². The van der Waals surface area contributed by atoms with Gasteiger partial charge in [0.05, 0.1) is 5.56 Å². The Labute approximate surface area is 122 Å². The molecule has 0 radical (unpaired) electrons. The molecule has 0 fully saturated rings. The first-order chi connectivity index (χ1) is 9.41. The predicted molar refractivity (Wildman–Crippen MR) is 83.5 cm³/mol. The van der Waals surface area contributed by atoms with E-state index in [-0.39, 0.29) is 5.91 Å². The van der Waals surface area contributed by atoms with E-state index in [0.717, 1.165) is 25.9 Å². The van der Waals surface area contributed by atoms with E-state index in [9.17, 15) is 4.79 Å². The number of hydrogen-bond donors (Lipinski definition) is 1. The smallest absolute Gasteiger partial charge is 0.257 e. The highest BCUT2D eigenvalue weighted by Crippen LogP contribution is 2.15. The van der Waals surface area contributed by atoms with E-state index < -0.39 is 0 Å². The first-order valence-electron chi connectivity index (χ1n) is 7.40. The van der Waals surface area contributed by atoms with E-state index in [2.05, 4.69) is 32.7 Å². The maximum absolute atomic E-state index is 12.6. The largest absolute Gasteiger partial charge is 0.398 e. The summed E-state index contributed by atoms with van der Waals surface area (Å²) in [5, 5.41) is 0. The van der Waals surface area contributed by atoms with Gasteiger partial charge in [0.15, 0.2) is 0 Å². The van der Waals surface area contributed by atoms with Crippen LogP contribution in [0, 0.1) is 11.8 Å². The van der Waals surface area contributed by atoms with Crippen molar-refractivity contribution >= 4 is 11.6 Å². The van der Waals surface area contributed by atoms with Gasteiger partial charge in [-0.15, -0.1) is 0 Å². The van der Waals surface area contributed by atoms with Crippen LogP contribution in [0.25, 0.3) is 0 Å². The molecule has 0 bridgehead atoms. The van der Waals surface area contributed by atoms with Crippen molar-refractivity contribution in [2.75, 3.05) is 18.8 Å². The molecule has 1 amide bonds. The van der Waals surface area contributed by atoms with Crippen molar-refractivity contribution in [1.29, 1.82) is 0 Å². The molecule has 4 nitrogen and oxygen atoms in total. The van der Waals surface area contributed by atoms with Crippen molar-refractivity contribution in [1.82, 2.24) is 9.88 Å². The van der Waals surface area contributed by atoms with E-state index in [4.69, 9.17) is 5.73 Å². The molecule has 1 aromatic heterocycles. The zero-order chi connectivity index (χ0) is 15.1. The SMILES string of the molecule is CC(C)CCN(CCC(C)C)C(=O)c1cnccc1N. The normalized spacial score (nSPS) is 11.1. The summed E-state index contributed by atoms with van der Waals surface area (Å²) in [6, 6.07) is 1.68. The van der Waals surface area contributed by atoms with Crippen LogP contribution in [0.5, 0.6) is 0 Å². The van der Waals surface area contributed by atoms with Crippen LogP contribution < -0.4 is 5.73 Å². The third-order valence-electron chi connectivity index (χ3n) is 3.33. The summed E-state index contributed by atoms with van der Waals surface area (Å²) in [6.45, 7) is 10.2. The lowest BCUT2D eigenvalue weighted by Gasteiger charge is -2.25. The van der Waals surface area contributed by atoms with E-state index in [1.54, 1.807) is 18.5 Å². The topological polar surface area (TPSA) is 59.2 Å². The van der Waals surface area contributed by atoms with Crippen molar-refractivity contribution in [2.45, 2.75) is 40.5 Å². The Hall–Kier alpha value is -1.58. The molecule has 0 aliphatic heterocycles. The highest BCUT2D eigenvalue weighted by molar-refractivity contribution is 5.98. The van der Waals surface area contributed by atoms with Gasteiger partial charge in [-0.3, -0.25) is 9.78 Å². The number of hydrogen-bond acceptors (Lipinski definition) is 3. The Balaban J connectivity index is 2.80. The molecule has 0 saturated carbocycles. The van der Waals surface area contributed by atoms with E-state index in [0.29, 0.717) is 23.1 Å². The molecule has 1 aromatic rings. The Morgan fingerprint density at radius 2 is 1.75 bits per heavy atom. The number of nitrogen functional groups attached to an aromatic ring is 1. The van der Waals surface area contributed by atoms with Crippen molar-refractivity contribution in [3.05, 3.63) is 24.0 Å². The number of aromatic nitrogens is 1. The summed E-state index contributed by atoms with van der Waals surface area (Å²) in [5.74, 6) is 1.16. The van der Waals surface area contributed by atoms with Gasteiger partial charge in [-0.05, 0) is 30.7 Å². The second kappa shape index (κ2) is 7.88. The molecule has 0 aliphatic rings. The Bertz CT molecular complexity index is 417. The molecule has 0 saturated heterocycles. The van der Waals surface area contributed by atoms with Gasteiger partial charge in [0, 0.05) is 31.2 Å². The highest BCUT2D eigenvalue weighted by atomic mass is 16.2. The highest BCUT2D eigenvalue weighted by Gasteiger charge is 2.18. The van der Waals surface area contributed by atoms with Crippen molar-refractivity contribution < 1.29 is 4.79 Å². The molecule has 20 heavy (non-hydrogen) atoms. The van der Waals surface area contributed by atoms with Crippen molar-refractivity contribution in [3.8, 4) is 0 Å². The monoisotopic (exact) mass is 277 g/mol. The van der Waals surface area contributed by atoms with Gasteiger partial charge in [-0.25, -0.2) is 0 Å². The number of carbonyl (C=O) groups excluding carboxylic acids is 1. The molecule has 4 heteroatoms. The first kappa shape index (κ1) is 16.5. The number of carbonyl (C=O) groups is 1. The number of amides is 1. The van der Waals surface area contributed by atoms with Crippen LogP contribution in [0.2, 0.25) is 0 Å². The van der Waals surface area contributed by atoms with Gasteiger partial charge in [-0.1, -0.05) is 27.7 Å². The standard InChI is InChI=1S/C16H27N3O/c1-12(2)6-9-19(10-7-13(3)4)16(20)14-11-18-8-5-15(14)17/h5,8,11-13H,6-7,9-10H2,1-4H3,(H2,17,18). The lowest BCUT2D eigenvalue weighted by Crippen LogP contribution is -2.34. The zero-order valence-corrected chi connectivity index (χ0v) is 13.1. The predicted octanol–water partition coefficient (Wildman–Crippen LogP) is 3.20. The fourth-order valence-electron chi connectivity index (χ4n) is 1.90. The molecule has 0 unspecified atom stereocenters. The van der Waals surface area contributed by atoms with Crippen LogP contribution in [0.15, 0.2) is 18.5 Å². The summed E-state index contributed by atoms with van der Waals surface area (Å²) in [7, 11) is 0. The molecule has 0 aromatic carbocycles. The number of nitrogens with zero attached hydrogens (tertiary/aromatic N) is 2. The maximum atomic E-state index is 12.6. The molecule has 1 rings (SSSR count). The lowest BCUT2D eigenvalue weighted by molar-refractivity contribution is 0.0741. The second-order valence-corrected chi connectivity index (χ2v) is 6.12. The summed E-state index contributed by atoms with van der Waals surface area (Å²) >= 11 is 0. The maximum Gasteiger partial charge on any atom is 0.257 e. The average Bonchev–Trinajstić information content (AvgIpc) is 2.38. The molecule has 0 atom stereocenters. The van der Waals surface area contributed by atoms with Gasteiger partial charge >= 0.3 is 0 Å². The summed E-state index contributed by atoms with van der Waals surface area (Å²) < 4.78 is 0. The van der Waals surface area contributed by atoms with E-state index in [1.807, 2.05) is 4.90 Å². The number of pyridine rings is 1. The molecule has 0 spiro atoms. The fraction of sp³-hybridized carbons (Fsp3) is 0.625. The van der Waals surface area contributed by atoms with Gasteiger partial charge in [0.1, 0.15) is 0 Å². The Morgan fingerprint density at radius 1 is 1.20 bits per heavy atom. The van der Waals surface area contributed by atoms with Crippen molar-refractivity contribution in [3.63, 3.8) is 0 Å². The number of nitrogens with two attached hydrogens (primary N) is 1. The molecule has 2 N–H and O–H groups in total. The molecule has 1 heterocycles. The van der Waals surface area contributed by atoms with Gasteiger partial charge in [0.2, 0.25) is 0 Å². The quantitative estimate of drug-likeness (QED) is 0.832. The third-order valence-corrected chi connectivity index (χ3v) is 3.33. The third kappa shape index (κ3) is 5.19. The molecular weight excluding hydrogens is 250 g/mol. The molecular formula is C16H27N3O. The van der Waals surface area contributed by atoms with Crippen LogP contribution in [-0.4, -0.2) is 28.9 Å². The fourth-order valence-corrected chi connectivity index (χ4v) is 1.90. The van der Waals surface area contributed by atoms with Crippen molar-refractivity contribution in [2.24, 2.45) is 11.8 Å². The summed E-state index contributed by atoms with van der Waals surface area (Å²) in [4.78, 5) is 18.5. The van der Waals surface area contributed by atoms with Gasteiger partial charge in [0.25, 0.3) is 5.91 Å². The van der Waals surface area contributed by atoms with Crippen LogP contribution >= 0.6 is 0 Å². The average molecular weight is 277 g/mol. The first-order valence-corrected chi connectivity index (χ1v) is 7.40. The minimum Gasteiger partial charge on any atom is -0.398 e. The van der Waals surface area contributed by atoms with E-state index in [1.165, 1.54) is 0 Å². The minimum atomic E-state index is -0.00287. The van der Waals surface area contributed by atoms with E-state index >= 15 is 0 Å². The minimum absolute atomic E-state index is 0.00287. The van der Waals surface area contributed by atoms with Crippen LogP contribution in [-0.2, 0) is 0 Å². The second-order valence-electron chi connectivity index (χ2n) is 6.12. The van der Waals surface area contributed by atoms with Gasteiger partial charge < -0.3 is 10.6 Å². The summed E-state index contributed by atoms with van der Waals surface area (Å²) in [5.41, 5.74) is 6.90. The summed E-state index contributed by atoms with van der Waals surface area (Å²) in [6.07, 6.45) is 5.18. The molecule has 0 aliphatic carbocycles. The zero-order valence-electron chi connectivity index (χ0n) is 13.1. The van der Waals surface area contributed by atoms with Crippen LogP contribution in [0.3, 0.4) is 0 Å². The number of rotatable bonds is 7. The number of anilines is 1.